The van der Waals surface area contributed by atoms with Gasteiger partial charge in [0.1, 0.15) is 24.1 Å². The molecule has 5 rings (SSSR count). The fraction of sp³-hybridized carbons (Fsp3) is 0.467. The number of aryl methyl sites for hydroxylation is 1. The van der Waals surface area contributed by atoms with Gasteiger partial charge in [0, 0.05) is 56.0 Å². The molecule has 1 aliphatic carbocycles. The second-order valence-electron chi connectivity index (χ2n) is 10.9. The molecule has 0 bridgehead atoms. The molecule has 0 spiro atoms. The number of likely N-dealkylation sites (N-methyl/N-ethyl adjacent to an activating group) is 1. The minimum atomic E-state index is -1.07. The van der Waals surface area contributed by atoms with Crippen LogP contribution in [0.25, 0.3) is 0 Å². The van der Waals surface area contributed by atoms with E-state index in [9.17, 15) is 9.90 Å². The van der Waals surface area contributed by atoms with Crippen molar-refractivity contribution in [3.63, 3.8) is 0 Å². The van der Waals surface area contributed by atoms with Crippen LogP contribution in [0.5, 0.6) is 5.75 Å². The standard InChI is InChI=1S/C30H35N5O3/c1-6-35-25-10-9-24(20(3)28(25)32-33-35)27(30(4,5)29(36)37)21-8-7-19(2)22(15-21)17-34-13-14-38-26-11-12-31-16-23(26)18-34/h7-8,11-12,15-16,20,27-28H,6,13-14,17-18H2,1-5H3,(H,36,37)/t20?,27-,28?/m0/s1. The second-order valence-corrected chi connectivity index (χ2v) is 10.9. The number of aliphatic carboxylic acids is 1. The smallest absolute Gasteiger partial charge is 0.310 e. The predicted octanol–water partition coefficient (Wildman–Crippen LogP) is 5.26. The van der Waals surface area contributed by atoms with Crippen molar-refractivity contribution in [2.24, 2.45) is 21.7 Å². The maximum Gasteiger partial charge on any atom is 0.310 e. The van der Waals surface area contributed by atoms with Gasteiger partial charge in [-0.3, -0.25) is 14.7 Å². The minimum Gasteiger partial charge on any atom is -0.492 e. The highest BCUT2D eigenvalue weighted by molar-refractivity contribution is 5.76. The molecule has 0 saturated carbocycles. The van der Waals surface area contributed by atoms with Crippen molar-refractivity contribution in [3.05, 3.63) is 81.6 Å². The van der Waals surface area contributed by atoms with Crippen molar-refractivity contribution in [2.75, 3.05) is 19.7 Å². The lowest BCUT2D eigenvalue weighted by molar-refractivity contribution is -0.147. The third kappa shape index (κ3) is 4.67. The number of aromatic nitrogens is 1. The van der Waals surface area contributed by atoms with Gasteiger partial charge in [-0.05, 0) is 61.8 Å². The lowest BCUT2D eigenvalue weighted by atomic mass is 9.66. The van der Waals surface area contributed by atoms with Crippen molar-refractivity contribution in [1.82, 2.24) is 14.9 Å². The highest BCUT2D eigenvalue weighted by Gasteiger charge is 2.45. The van der Waals surface area contributed by atoms with Crippen LogP contribution < -0.4 is 4.74 Å². The third-order valence-electron chi connectivity index (χ3n) is 8.04. The lowest BCUT2D eigenvalue weighted by Crippen LogP contribution is -2.36. The van der Waals surface area contributed by atoms with E-state index in [0.717, 1.165) is 47.8 Å². The molecule has 2 aromatic rings. The summed E-state index contributed by atoms with van der Waals surface area (Å²) in [4.78, 5) is 19.2. The van der Waals surface area contributed by atoms with Gasteiger partial charge < -0.3 is 9.84 Å². The molecule has 1 aromatic carbocycles. The number of benzene rings is 1. The fourth-order valence-corrected chi connectivity index (χ4v) is 5.64. The van der Waals surface area contributed by atoms with E-state index < -0.39 is 17.3 Å². The van der Waals surface area contributed by atoms with E-state index in [4.69, 9.17) is 4.74 Å². The summed E-state index contributed by atoms with van der Waals surface area (Å²) in [6.45, 7) is 13.4. The van der Waals surface area contributed by atoms with Gasteiger partial charge in [-0.2, -0.15) is 5.11 Å². The van der Waals surface area contributed by atoms with Crippen molar-refractivity contribution in [1.29, 1.82) is 0 Å². The van der Waals surface area contributed by atoms with Gasteiger partial charge in [0.2, 0.25) is 0 Å². The van der Waals surface area contributed by atoms with E-state index in [1.165, 1.54) is 11.1 Å². The number of carboxylic acids is 1. The van der Waals surface area contributed by atoms with Gasteiger partial charge in [-0.15, -0.1) is 0 Å². The first kappa shape index (κ1) is 25.9. The maximum absolute atomic E-state index is 12.6. The molecule has 8 heteroatoms. The summed E-state index contributed by atoms with van der Waals surface area (Å²) in [6.07, 6.45) is 3.63. The van der Waals surface area contributed by atoms with Gasteiger partial charge in [0.05, 0.1) is 5.41 Å². The Morgan fingerprint density at radius 1 is 1.29 bits per heavy atom. The van der Waals surface area contributed by atoms with Crippen LogP contribution in [0.3, 0.4) is 0 Å². The van der Waals surface area contributed by atoms with Crippen LogP contribution in [0.1, 0.15) is 55.9 Å². The van der Waals surface area contributed by atoms with E-state index in [-0.39, 0.29) is 12.0 Å². The first-order chi connectivity index (χ1) is 18.2. The van der Waals surface area contributed by atoms with E-state index in [0.29, 0.717) is 13.2 Å². The zero-order chi connectivity index (χ0) is 27.0. The van der Waals surface area contributed by atoms with Gasteiger partial charge in [-0.25, -0.2) is 5.01 Å². The third-order valence-corrected chi connectivity index (χ3v) is 8.04. The monoisotopic (exact) mass is 513 g/mol. The van der Waals surface area contributed by atoms with Gasteiger partial charge in [0.25, 0.3) is 0 Å². The summed E-state index contributed by atoms with van der Waals surface area (Å²) in [5, 5.41) is 21.0. The zero-order valence-electron chi connectivity index (χ0n) is 22.7. The normalized spacial score (nSPS) is 21.7. The first-order valence-corrected chi connectivity index (χ1v) is 13.3. The van der Waals surface area contributed by atoms with Crippen molar-refractivity contribution >= 4 is 5.97 Å². The quantitative estimate of drug-likeness (QED) is 0.508. The van der Waals surface area contributed by atoms with Crippen LogP contribution in [-0.4, -0.2) is 51.7 Å². The number of hydrogen-bond donors (Lipinski definition) is 1. The summed E-state index contributed by atoms with van der Waals surface area (Å²) in [5.41, 5.74) is 11.8. The molecule has 2 aliphatic heterocycles. The number of carbonyl (C=O) groups is 1. The van der Waals surface area contributed by atoms with Crippen LogP contribution in [0.4, 0.5) is 0 Å². The van der Waals surface area contributed by atoms with E-state index in [2.05, 4.69) is 63.7 Å². The van der Waals surface area contributed by atoms with E-state index >= 15 is 0 Å². The second kappa shape index (κ2) is 10.2. The molecule has 0 amide bonds. The van der Waals surface area contributed by atoms with Gasteiger partial charge >= 0.3 is 5.97 Å². The Balaban J connectivity index is 1.53. The molecule has 0 radical (unpaired) electrons. The Morgan fingerprint density at radius 2 is 2.11 bits per heavy atom. The van der Waals surface area contributed by atoms with Crippen molar-refractivity contribution < 1.29 is 14.6 Å². The summed E-state index contributed by atoms with van der Waals surface area (Å²) in [5.74, 6) is -0.407. The topological polar surface area (TPSA) is 90.6 Å². The number of rotatable bonds is 7. The van der Waals surface area contributed by atoms with E-state index in [1.807, 2.05) is 24.2 Å². The number of carboxylic acid groups (broad SMARTS) is 1. The lowest BCUT2D eigenvalue weighted by Gasteiger charge is -2.36. The molecule has 198 valence electrons. The minimum absolute atomic E-state index is 0.0494. The number of ether oxygens (including phenoxy) is 1. The molecule has 8 nitrogen and oxygen atoms in total. The molecule has 3 atom stereocenters. The van der Waals surface area contributed by atoms with Gasteiger partial charge in [0.15, 0.2) is 0 Å². The molecule has 3 aliphatic rings. The fourth-order valence-electron chi connectivity index (χ4n) is 5.64. The molecule has 1 N–H and O–H groups in total. The first-order valence-electron chi connectivity index (χ1n) is 13.3. The van der Waals surface area contributed by atoms with Crippen molar-refractivity contribution in [2.45, 2.75) is 59.7 Å². The largest absolute Gasteiger partial charge is 0.492 e. The van der Waals surface area contributed by atoms with Crippen LogP contribution >= 0.6 is 0 Å². The Morgan fingerprint density at radius 3 is 2.87 bits per heavy atom. The van der Waals surface area contributed by atoms with Crippen LogP contribution in [-0.2, 0) is 17.9 Å². The summed E-state index contributed by atoms with van der Waals surface area (Å²) in [6, 6.07) is 8.09. The summed E-state index contributed by atoms with van der Waals surface area (Å²) >= 11 is 0. The van der Waals surface area contributed by atoms with Crippen LogP contribution in [0.2, 0.25) is 0 Å². The SMILES string of the molecule is CCN1N=NC2C1=C=C=C([C@H](c1ccc(C)c(CN3CCOc4ccncc4C3)c1)C(C)(C)C(=O)O)C2C. The zero-order valence-corrected chi connectivity index (χ0v) is 22.7. The average molecular weight is 514 g/mol. The molecule has 2 unspecified atom stereocenters. The molecule has 1 aromatic heterocycles. The highest BCUT2D eigenvalue weighted by Crippen LogP contribution is 2.47. The Kier molecular flexibility index (Phi) is 6.97. The maximum atomic E-state index is 12.6. The number of pyridine rings is 1. The Labute approximate surface area is 224 Å². The predicted molar refractivity (Wildman–Crippen MR) is 143 cm³/mol. The van der Waals surface area contributed by atoms with E-state index in [1.54, 1.807) is 20.0 Å². The summed E-state index contributed by atoms with van der Waals surface area (Å²) in [7, 11) is 0. The van der Waals surface area contributed by atoms with Crippen molar-refractivity contribution in [3.8, 4) is 5.75 Å². The molecular weight excluding hydrogens is 478 g/mol. The Hall–Kier alpha value is -3.70. The Bertz CT molecular complexity index is 1380. The number of nitrogens with zero attached hydrogens (tertiary/aromatic N) is 5. The highest BCUT2D eigenvalue weighted by atomic mass is 16.5. The number of fused-ring (bicyclic) bond motifs is 2. The molecule has 3 heterocycles. The molecule has 38 heavy (non-hydrogen) atoms. The molecule has 0 saturated heterocycles. The van der Waals surface area contributed by atoms with Gasteiger partial charge in [-0.1, -0.05) is 36.1 Å². The van der Waals surface area contributed by atoms with Crippen LogP contribution in [0.15, 0.2) is 69.7 Å². The summed E-state index contributed by atoms with van der Waals surface area (Å²) < 4.78 is 5.93. The number of hydrogen-bond acceptors (Lipinski definition) is 7. The average Bonchev–Trinajstić information content (AvgIpc) is 3.21. The molecule has 0 fully saturated rings. The molecular formula is C30H35N5O3. The van der Waals surface area contributed by atoms with Crippen LogP contribution in [0, 0.1) is 18.3 Å².